The Morgan fingerprint density at radius 1 is 1.05 bits per heavy atom. The largest absolute Gasteiger partial charge is 0.503 e. The van der Waals surface area contributed by atoms with E-state index in [2.05, 4.69) is 17.2 Å². The second-order valence-electron chi connectivity index (χ2n) is 6.07. The minimum absolute atomic E-state index is 0.000710. The van der Waals surface area contributed by atoms with Gasteiger partial charge in [0.1, 0.15) is 11.2 Å². The minimum atomic E-state index is -2.41. The van der Waals surface area contributed by atoms with Crippen molar-refractivity contribution < 1.29 is 13.6 Å². The van der Waals surface area contributed by atoms with Crippen LogP contribution in [0.4, 0.5) is 0 Å². The Kier molecular flexibility index (Phi) is 3.01. The van der Waals surface area contributed by atoms with Crippen LogP contribution in [0.5, 0.6) is 0 Å². The van der Waals surface area contributed by atoms with Crippen molar-refractivity contribution >= 4 is 8.09 Å². The maximum atomic E-state index is 6.12. The molecule has 1 unspecified atom stereocenters. The van der Waals surface area contributed by atoms with Crippen LogP contribution in [0.3, 0.4) is 0 Å². The Hall–Kier alpha value is -0.510. The monoisotopic (exact) mass is 282 g/mol. The van der Waals surface area contributed by atoms with Gasteiger partial charge in [0.05, 0.1) is 6.54 Å². The fourth-order valence-electron chi connectivity index (χ4n) is 2.23. The van der Waals surface area contributed by atoms with Crippen LogP contribution in [-0.2, 0) is 13.6 Å². The lowest BCUT2D eigenvalue weighted by molar-refractivity contribution is 0.00578. The molecule has 0 saturated carbocycles. The van der Waals surface area contributed by atoms with Crippen molar-refractivity contribution in [1.82, 2.24) is 5.09 Å². The van der Waals surface area contributed by atoms with E-state index in [1.165, 1.54) is 0 Å². The summed E-state index contributed by atoms with van der Waals surface area (Å²) in [7, 11) is -2.41. The highest BCUT2D eigenvalue weighted by Gasteiger charge is 2.71. The molecule has 0 aromatic heterocycles. The van der Waals surface area contributed by atoms with Gasteiger partial charge in [0.2, 0.25) is 0 Å². The van der Waals surface area contributed by atoms with Crippen LogP contribution in [0.1, 0.15) is 39.4 Å². The molecule has 1 atom stereocenters. The van der Waals surface area contributed by atoms with Gasteiger partial charge in [-0.05, 0) is 33.3 Å². The van der Waals surface area contributed by atoms with Crippen molar-refractivity contribution in [3.8, 4) is 0 Å². The van der Waals surface area contributed by atoms with Crippen molar-refractivity contribution in [3.63, 3.8) is 0 Å². The fraction of sp³-hybridized carbons (Fsp3) is 0.571. The van der Waals surface area contributed by atoms with E-state index in [0.717, 1.165) is 12.1 Å². The zero-order chi connectivity index (χ0) is 13.7. The van der Waals surface area contributed by atoms with Gasteiger partial charge in [0.25, 0.3) is 0 Å². The summed E-state index contributed by atoms with van der Waals surface area (Å²) in [6.45, 7) is 8.90. The quantitative estimate of drug-likeness (QED) is 0.798. The molecule has 19 heavy (non-hydrogen) atoms. The molecule has 0 aliphatic carbocycles. The van der Waals surface area contributed by atoms with Gasteiger partial charge in [0.15, 0.2) is 6.10 Å². The van der Waals surface area contributed by atoms with Gasteiger partial charge >= 0.3 is 8.09 Å². The molecule has 0 radical (unpaired) electrons. The maximum Gasteiger partial charge on any atom is 0.503 e. The van der Waals surface area contributed by atoms with E-state index in [1.54, 1.807) is 0 Å². The lowest BCUT2D eigenvalue weighted by Gasteiger charge is -2.24. The highest BCUT2D eigenvalue weighted by atomic mass is 31.2. The van der Waals surface area contributed by atoms with Crippen LogP contribution in [0.25, 0.3) is 0 Å². The van der Waals surface area contributed by atoms with Crippen molar-refractivity contribution in [2.45, 2.75) is 45.0 Å². The lowest BCUT2D eigenvalue weighted by Crippen LogP contribution is -2.41. The first-order valence-electron chi connectivity index (χ1n) is 6.63. The molecule has 2 aliphatic heterocycles. The molecule has 2 heterocycles. The molecule has 5 heteroatoms. The number of hydrogen-bond donors (Lipinski definition) is 1. The molecule has 2 fully saturated rings. The summed E-state index contributed by atoms with van der Waals surface area (Å²) < 4.78 is 18.4. The van der Waals surface area contributed by atoms with E-state index in [-0.39, 0.29) is 17.3 Å². The molecule has 3 rings (SSSR count). The van der Waals surface area contributed by atoms with E-state index in [0.29, 0.717) is 0 Å². The number of nitrogens with one attached hydrogen (secondary N) is 1. The average Bonchev–Trinajstić information content (AvgIpc) is 2.79. The summed E-state index contributed by atoms with van der Waals surface area (Å²) in [5, 5.41) is 3.34. The predicted octanol–water partition coefficient (Wildman–Crippen LogP) is 3.63. The molecular formula is C14H21NO3P+. The predicted molar refractivity (Wildman–Crippen MR) is 75.5 cm³/mol. The first kappa shape index (κ1) is 13.5. The number of benzene rings is 1. The molecule has 1 N–H and O–H groups in total. The second kappa shape index (κ2) is 4.24. The average molecular weight is 282 g/mol. The normalized spacial score (nSPS) is 30.8. The Bertz CT molecular complexity index is 459. The van der Waals surface area contributed by atoms with Crippen LogP contribution in [0.2, 0.25) is 0 Å². The van der Waals surface area contributed by atoms with Gasteiger partial charge in [-0.25, -0.2) is 0 Å². The standard InChI is InChI=1S/C14H21NO3P/c1-13(2)14(3,4)18-19(17-13)15-10-12(16-19)11-8-6-5-7-9-11/h5-9,12,15H,10H2,1-4H3/q+1. The maximum absolute atomic E-state index is 6.12. The SMILES string of the molecule is CC1(C)O[P+]2(NCC(c3ccccc3)O2)OC1(C)C. The van der Waals surface area contributed by atoms with E-state index in [1.807, 2.05) is 45.9 Å². The summed E-state index contributed by atoms with van der Waals surface area (Å²) in [6.07, 6.45) is -0.000710. The Balaban J connectivity index is 1.80. The fourth-order valence-corrected chi connectivity index (χ4v) is 5.12. The molecule has 0 bridgehead atoms. The smallest absolute Gasteiger partial charge is 0.154 e. The second-order valence-corrected chi connectivity index (χ2v) is 7.95. The zero-order valence-corrected chi connectivity index (χ0v) is 12.7. The zero-order valence-electron chi connectivity index (χ0n) is 11.8. The third-order valence-corrected chi connectivity index (χ3v) is 6.55. The number of rotatable bonds is 1. The van der Waals surface area contributed by atoms with Crippen LogP contribution in [0, 0.1) is 0 Å². The Labute approximate surface area is 115 Å². The van der Waals surface area contributed by atoms with E-state index >= 15 is 0 Å². The van der Waals surface area contributed by atoms with Crippen molar-refractivity contribution in [2.24, 2.45) is 0 Å². The first-order valence-corrected chi connectivity index (χ1v) is 8.17. The Morgan fingerprint density at radius 3 is 2.21 bits per heavy atom. The molecule has 2 aliphatic rings. The van der Waals surface area contributed by atoms with Gasteiger partial charge in [-0.15, -0.1) is 5.09 Å². The van der Waals surface area contributed by atoms with E-state index < -0.39 is 8.09 Å². The molecule has 1 spiro atoms. The first-order chi connectivity index (χ1) is 8.84. The van der Waals surface area contributed by atoms with Crippen molar-refractivity contribution in [3.05, 3.63) is 35.9 Å². The minimum Gasteiger partial charge on any atom is -0.154 e. The highest BCUT2D eigenvalue weighted by molar-refractivity contribution is 7.60. The van der Waals surface area contributed by atoms with Crippen molar-refractivity contribution in [2.75, 3.05) is 6.54 Å². The summed E-state index contributed by atoms with van der Waals surface area (Å²) in [6, 6.07) is 10.2. The van der Waals surface area contributed by atoms with Gasteiger partial charge in [-0.1, -0.05) is 30.3 Å². The van der Waals surface area contributed by atoms with Crippen LogP contribution < -0.4 is 5.09 Å². The summed E-state index contributed by atoms with van der Waals surface area (Å²) in [4.78, 5) is 0. The van der Waals surface area contributed by atoms with Crippen molar-refractivity contribution in [1.29, 1.82) is 0 Å². The van der Waals surface area contributed by atoms with Gasteiger partial charge in [0, 0.05) is 0 Å². The van der Waals surface area contributed by atoms with Crippen LogP contribution in [0.15, 0.2) is 30.3 Å². The van der Waals surface area contributed by atoms with Crippen LogP contribution in [-0.4, -0.2) is 17.7 Å². The van der Waals surface area contributed by atoms with Crippen LogP contribution >= 0.6 is 8.09 Å². The van der Waals surface area contributed by atoms with Gasteiger partial charge < -0.3 is 0 Å². The van der Waals surface area contributed by atoms with Gasteiger partial charge in [-0.3, -0.25) is 0 Å². The molecule has 4 nitrogen and oxygen atoms in total. The summed E-state index contributed by atoms with van der Waals surface area (Å²) >= 11 is 0. The third kappa shape index (κ3) is 2.22. The Morgan fingerprint density at radius 2 is 1.63 bits per heavy atom. The molecular weight excluding hydrogens is 261 g/mol. The van der Waals surface area contributed by atoms with E-state index in [9.17, 15) is 0 Å². The van der Waals surface area contributed by atoms with E-state index in [4.69, 9.17) is 13.6 Å². The summed E-state index contributed by atoms with van der Waals surface area (Å²) in [5.41, 5.74) is 0.431. The number of hydrogen-bond acceptors (Lipinski definition) is 4. The molecule has 0 amide bonds. The molecule has 1 aromatic rings. The lowest BCUT2D eigenvalue weighted by atomic mass is 9.90. The molecule has 1 aromatic carbocycles. The molecule has 2 saturated heterocycles. The highest BCUT2D eigenvalue weighted by Crippen LogP contribution is 2.74. The van der Waals surface area contributed by atoms with Gasteiger partial charge in [-0.2, -0.15) is 13.6 Å². The molecule has 104 valence electrons. The summed E-state index contributed by atoms with van der Waals surface area (Å²) in [5.74, 6) is 0. The third-order valence-electron chi connectivity index (χ3n) is 4.05. The topological polar surface area (TPSA) is 39.7 Å².